The molecule has 0 aliphatic rings. The molecule has 0 aromatic rings. The van der Waals surface area contributed by atoms with Gasteiger partial charge in [-0.2, -0.15) is 0 Å². The summed E-state index contributed by atoms with van der Waals surface area (Å²) in [6.45, 7) is 5.18. The summed E-state index contributed by atoms with van der Waals surface area (Å²) in [5.74, 6) is 0.123. The fraction of sp³-hybridized carbons (Fsp3) is 0.900. The maximum atomic E-state index is 11.2. The van der Waals surface area contributed by atoms with Crippen LogP contribution in [0.2, 0.25) is 0 Å². The Hall–Kier alpha value is -0.0900. The zero-order valence-corrected chi connectivity index (χ0v) is 10.6. The van der Waals surface area contributed by atoms with Crippen molar-refractivity contribution < 1.29 is 9.53 Å². The molecule has 0 aromatic heterocycles. The molecule has 84 valence electrons. The van der Waals surface area contributed by atoms with Gasteiger partial charge in [-0.1, -0.05) is 15.9 Å². The van der Waals surface area contributed by atoms with Gasteiger partial charge in [0.25, 0.3) is 0 Å². The van der Waals surface area contributed by atoms with Crippen molar-refractivity contribution in [3.8, 4) is 0 Å². The summed E-state index contributed by atoms with van der Waals surface area (Å²) in [4.78, 5) is 11.2. The second-order valence-electron chi connectivity index (χ2n) is 3.42. The van der Waals surface area contributed by atoms with E-state index in [1.807, 2.05) is 13.8 Å². The number of amides is 1. The summed E-state index contributed by atoms with van der Waals surface area (Å²) in [5, 5.41) is 3.79. The van der Waals surface area contributed by atoms with Crippen molar-refractivity contribution in [2.24, 2.45) is 0 Å². The van der Waals surface area contributed by atoms with Gasteiger partial charge in [0.05, 0.1) is 12.7 Å². The molecule has 0 unspecified atom stereocenters. The van der Waals surface area contributed by atoms with Crippen LogP contribution in [-0.2, 0) is 9.53 Å². The quantitative estimate of drug-likeness (QED) is 0.539. The van der Waals surface area contributed by atoms with Crippen molar-refractivity contribution in [2.45, 2.75) is 39.2 Å². The molecular weight excluding hydrogens is 246 g/mol. The lowest BCUT2D eigenvalue weighted by atomic mass is 10.2. The van der Waals surface area contributed by atoms with Crippen LogP contribution in [0.4, 0.5) is 0 Å². The third-order valence-electron chi connectivity index (χ3n) is 1.66. The van der Waals surface area contributed by atoms with E-state index in [0.29, 0.717) is 19.6 Å². The van der Waals surface area contributed by atoms with Gasteiger partial charge in [0.15, 0.2) is 0 Å². The number of hydrogen-bond acceptors (Lipinski definition) is 2. The molecule has 1 N–H and O–H groups in total. The van der Waals surface area contributed by atoms with Crippen LogP contribution in [0.3, 0.4) is 0 Å². The predicted octanol–water partition coefficient (Wildman–Crippen LogP) is 2.09. The van der Waals surface area contributed by atoms with E-state index in [2.05, 4.69) is 21.2 Å². The van der Waals surface area contributed by atoms with Crippen molar-refractivity contribution in [2.75, 3.05) is 18.5 Å². The molecule has 0 aliphatic heterocycles. The normalized spacial score (nSPS) is 10.6. The number of unbranched alkanes of at least 4 members (excludes halogenated alkanes) is 1. The van der Waals surface area contributed by atoms with Gasteiger partial charge in [0.1, 0.15) is 0 Å². The second-order valence-corrected chi connectivity index (χ2v) is 4.21. The third kappa shape index (κ3) is 9.99. The Labute approximate surface area is 94.7 Å². The summed E-state index contributed by atoms with van der Waals surface area (Å²) >= 11 is 3.33. The van der Waals surface area contributed by atoms with Crippen molar-refractivity contribution in [3.63, 3.8) is 0 Å². The van der Waals surface area contributed by atoms with E-state index in [1.165, 1.54) is 0 Å². The number of alkyl halides is 1. The molecule has 0 saturated heterocycles. The highest BCUT2D eigenvalue weighted by molar-refractivity contribution is 9.09. The molecule has 0 rings (SSSR count). The fourth-order valence-corrected chi connectivity index (χ4v) is 1.35. The number of ether oxygens (including phenoxy) is 1. The molecule has 0 aromatic carbocycles. The van der Waals surface area contributed by atoms with Crippen LogP contribution in [0.1, 0.15) is 33.1 Å². The van der Waals surface area contributed by atoms with E-state index >= 15 is 0 Å². The molecular formula is C10H20BrNO2. The molecule has 0 bridgehead atoms. The first-order chi connectivity index (χ1) is 6.66. The molecule has 4 heteroatoms. The average Bonchev–Trinajstić information content (AvgIpc) is 2.13. The van der Waals surface area contributed by atoms with Crippen molar-refractivity contribution in [3.05, 3.63) is 0 Å². The Balaban J connectivity index is 3.18. The van der Waals surface area contributed by atoms with Gasteiger partial charge < -0.3 is 10.1 Å². The standard InChI is InChI=1S/C10H20BrNO2/c1-9(2)14-8-7-12-10(13)5-3-4-6-11/h9H,3-8H2,1-2H3,(H,12,13). The molecule has 0 fully saturated rings. The van der Waals surface area contributed by atoms with Gasteiger partial charge in [0.2, 0.25) is 5.91 Å². The predicted molar refractivity (Wildman–Crippen MR) is 61.7 cm³/mol. The van der Waals surface area contributed by atoms with Crippen molar-refractivity contribution >= 4 is 21.8 Å². The topological polar surface area (TPSA) is 38.3 Å². The molecule has 0 radical (unpaired) electrons. The van der Waals surface area contributed by atoms with E-state index in [0.717, 1.165) is 18.2 Å². The van der Waals surface area contributed by atoms with Gasteiger partial charge in [-0.25, -0.2) is 0 Å². The smallest absolute Gasteiger partial charge is 0.220 e. The number of carbonyl (C=O) groups is 1. The SMILES string of the molecule is CC(C)OCCNC(=O)CCCCBr. The molecule has 3 nitrogen and oxygen atoms in total. The van der Waals surface area contributed by atoms with Gasteiger partial charge in [-0.05, 0) is 26.7 Å². The third-order valence-corrected chi connectivity index (χ3v) is 2.22. The van der Waals surface area contributed by atoms with Crippen molar-refractivity contribution in [1.82, 2.24) is 5.32 Å². The Morgan fingerprint density at radius 2 is 2.14 bits per heavy atom. The van der Waals surface area contributed by atoms with Crippen molar-refractivity contribution in [1.29, 1.82) is 0 Å². The largest absolute Gasteiger partial charge is 0.377 e. The highest BCUT2D eigenvalue weighted by Gasteiger charge is 2.00. The van der Waals surface area contributed by atoms with Gasteiger partial charge in [0, 0.05) is 18.3 Å². The average molecular weight is 266 g/mol. The first-order valence-corrected chi connectivity index (χ1v) is 6.23. The van der Waals surface area contributed by atoms with E-state index in [4.69, 9.17) is 4.74 Å². The number of hydrogen-bond donors (Lipinski definition) is 1. The molecule has 1 amide bonds. The first kappa shape index (κ1) is 13.9. The zero-order valence-electron chi connectivity index (χ0n) is 9.01. The molecule has 0 atom stereocenters. The minimum absolute atomic E-state index is 0.123. The highest BCUT2D eigenvalue weighted by atomic mass is 79.9. The monoisotopic (exact) mass is 265 g/mol. The molecule has 0 heterocycles. The van der Waals surface area contributed by atoms with E-state index in [1.54, 1.807) is 0 Å². The summed E-state index contributed by atoms with van der Waals surface area (Å²) in [6, 6.07) is 0. The van der Waals surface area contributed by atoms with Gasteiger partial charge >= 0.3 is 0 Å². The van der Waals surface area contributed by atoms with Crippen LogP contribution in [0.5, 0.6) is 0 Å². The lowest BCUT2D eigenvalue weighted by molar-refractivity contribution is -0.121. The highest BCUT2D eigenvalue weighted by Crippen LogP contribution is 1.97. The number of nitrogens with one attached hydrogen (secondary N) is 1. The molecule has 14 heavy (non-hydrogen) atoms. The number of halogens is 1. The summed E-state index contributed by atoms with van der Waals surface area (Å²) < 4.78 is 5.30. The Morgan fingerprint density at radius 3 is 2.71 bits per heavy atom. The second kappa shape index (κ2) is 9.46. The van der Waals surface area contributed by atoms with Crippen LogP contribution in [-0.4, -0.2) is 30.5 Å². The van der Waals surface area contributed by atoms with Crippen LogP contribution < -0.4 is 5.32 Å². The molecule has 0 spiro atoms. The summed E-state index contributed by atoms with van der Waals surface area (Å²) in [7, 11) is 0. The first-order valence-electron chi connectivity index (χ1n) is 5.11. The summed E-state index contributed by atoms with van der Waals surface area (Å²) in [5.41, 5.74) is 0. The van der Waals surface area contributed by atoms with E-state index in [9.17, 15) is 4.79 Å². The minimum atomic E-state index is 0.123. The molecule has 0 saturated carbocycles. The van der Waals surface area contributed by atoms with Crippen LogP contribution in [0, 0.1) is 0 Å². The summed E-state index contributed by atoms with van der Waals surface area (Å²) in [6.07, 6.45) is 2.85. The minimum Gasteiger partial charge on any atom is -0.377 e. The Morgan fingerprint density at radius 1 is 1.43 bits per heavy atom. The molecule has 0 aliphatic carbocycles. The Kier molecular flexibility index (Phi) is 9.40. The van der Waals surface area contributed by atoms with Crippen LogP contribution in [0.25, 0.3) is 0 Å². The van der Waals surface area contributed by atoms with Crippen LogP contribution in [0.15, 0.2) is 0 Å². The van der Waals surface area contributed by atoms with Gasteiger partial charge in [-0.3, -0.25) is 4.79 Å². The lowest BCUT2D eigenvalue weighted by Crippen LogP contribution is -2.27. The number of rotatable bonds is 8. The maximum absolute atomic E-state index is 11.2. The van der Waals surface area contributed by atoms with Crippen LogP contribution >= 0.6 is 15.9 Å². The Bertz CT molecular complexity index is 151. The zero-order chi connectivity index (χ0) is 10.8. The maximum Gasteiger partial charge on any atom is 0.220 e. The van der Waals surface area contributed by atoms with Gasteiger partial charge in [-0.15, -0.1) is 0 Å². The lowest BCUT2D eigenvalue weighted by Gasteiger charge is -2.08. The van der Waals surface area contributed by atoms with E-state index in [-0.39, 0.29) is 12.0 Å². The number of carbonyl (C=O) groups excluding carboxylic acids is 1. The fourth-order valence-electron chi connectivity index (χ4n) is 0.954. The van der Waals surface area contributed by atoms with E-state index < -0.39 is 0 Å².